The van der Waals surface area contributed by atoms with E-state index >= 15 is 0 Å². The Hall–Kier alpha value is -1.96. The van der Waals surface area contributed by atoms with E-state index in [0.29, 0.717) is 0 Å². The zero-order chi connectivity index (χ0) is 21.5. The molecule has 1 aliphatic heterocycles. The van der Waals surface area contributed by atoms with Gasteiger partial charge < -0.3 is 13.9 Å². The molecule has 0 saturated carbocycles. The molecule has 1 saturated heterocycles. The van der Waals surface area contributed by atoms with Crippen molar-refractivity contribution in [3.63, 3.8) is 0 Å². The molecule has 3 rings (SSSR count). The number of rotatable bonds is 4. The van der Waals surface area contributed by atoms with E-state index < -0.39 is 10.1 Å². The molecule has 1 fully saturated rings. The second kappa shape index (κ2) is 11.4. The molecule has 1 aliphatic rings. The summed E-state index contributed by atoms with van der Waals surface area (Å²) < 4.78 is 45.3. The third kappa shape index (κ3) is 7.38. The summed E-state index contributed by atoms with van der Waals surface area (Å²) in [6.45, 7) is 13.5. The van der Waals surface area contributed by atoms with E-state index in [-0.39, 0.29) is 18.1 Å². The molecule has 2 aromatic carbocycles. The van der Waals surface area contributed by atoms with Crippen LogP contribution in [0.3, 0.4) is 0 Å². The van der Waals surface area contributed by atoms with E-state index in [0.717, 1.165) is 24.3 Å². The highest BCUT2D eigenvalue weighted by molar-refractivity contribution is 7.85. The minimum atomic E-state index is -4.27. The van der Waals surface area contributed by atoms with Crippen molar-refractivity contribution in [3.8, 4) is 0 Å². The SMILES string of the molecule is C.CC[N+]1(CC)CCCN(c2ccc(F)cc2)CC1.Cc1ccc(S(=O)(=O)[O-])cc1. The zero-order valence-corrected chi connectivity index (χ0v) is 18.3. The monoisotopic (exact) mass is 438 g/mol. The van der Waals surface area contributed by atoms with Gasteiger partial charge in [0, 0.05) is 18.7 Å². The number of quaternary nitrogens is 1. The summed E-state index contributed by atoms with van der Waals surface area (Å²) in [4.78, 5) is 2.22. The van der Waals surface area contributed by atoms with Gasteiger partial charge in [0.25, 0.3) is 0 Å². The molecule has 0 radical (unpaired) electrons. The number of nitrogens with zero attached hydrogens (tertiary/aromatic N) is 2. The molecule has 0 atom stereocenters. The maximum absolute atomic E-state index is 12.9. The lowest BCUT2D eigenvalue weighted by Crippen LogP contribution is -2.50. The summed E-state index contributed by atoms with van der Waals surface area (Å²) in [5, 5.41) is 0. The number of likely N-dealkylation sites (N-methyl/N-ethyl adjacent to an activating group) is 1. The molecule has 7 heteroatoms. The maximum atomic E-state index is 12.9. The van der Waals surface area contributed by atoms with Gasteiger partial charge in [0.05, 0.1) is 37.6 Å². The predicted molar refractivity (Wildman–Crippen MR) is 120 cm³/mol. The molecule has 2 aromatic rings. The molecule has 0 aromatic heterocycles. The van der Waals surface area contributed by atoms with Crippen LogP contribution in [0.25, 0.3) is 0 Å². The van der Waals surface area contributed by atoms with Crippen molar-refractivity contribution in [1.82, 2.24) is 0 Å². The van der Waals surface area contributed by atoms with Crippen LogP contribution in [-0.2, 0) is 10.1 Å². The Morgan fingerprint density at radius 3 is 2.03 bits per heavy atom. The fraction of sp³-hybridized carbons (Fsp3) is 0.478. The topological polar surface area (TPSA) is 60.4 Å². The minimum Gasteiger partial charge on any atom is -0.744 e. The first-order chi connectivity index (χ1) is 13.7. The van der Waals surface area contributed by atoms with E-state index in [1.807, 2.05) is 19.1 Å². The third-order valence-corrected chi connectivity index (χ3v) is 6.60. The highest BCUT2D eigenvalue weighted by Crippen LogP contribution is 2.20. The van der Waals surface area contributed by atoms with Crippen molar-refractivity contribution in [2.24, 2.45) is 0 Å². The molecular weight excluding hydrogens is 403 g/mol. The summed E-state index contributed by atoms with van der Waals surface area (Å²) in [6, 6.07) is 12.7. The Labute approximate surface area is 181 Å². The van der Waals surface area contributed by atoms with Gasteiger partial charge >= 0.3 is 0 Å². The van der Waals surface area contributed by atoms with Gasteiger partial charge in [0.15, 0.2) is 0 Å². The van der Waals surface area contributed by atoms with Gasteiger partial charge in [-0.15, -0.1) is 0 Å². The predicted octanol–water partition coefficient (Wildman–Crippen LogP) is 4.43. The first-order valence-electron chi connectivity index (χ1n) is 10.1. The average Bonchev–Trinajstić information content (AvgIpc) is 2.92. The number of hydrogen-bond acceptors (Lipinski definition) is 4. The van der Waals surface area contributed by atoms with Gasteiger partial charge in [-0.2, -0.15) is 0 Å². The van der Waals surface area contributed by atoms with Gasteiger partial charge in [-0.05, 0) is 57.2 Å². The molecular formula is C23H35FN2O3S. The number of aryl methyl sites for hydroxylation is 1. The second-order valence-corrected chi connectivity index (χ2v) is 8.89. The van der Waals surface area contributed by atoms with E-state index in [2.05, 4.69) is 18.7 Å². The Balaban J connectivity index is 0.000000324. The molecule has 0 amide bonds. The van der Waals surface area contributed by atoms with Crippen molar-refractivity contribution in [2.75, 3.05) is 44.2 Å². The standard InChI is InChI=1S/C15H24FN2.C7H8O3S.CH4/c1-3-18(4-2)12-5-10-17(11-13-18)15-8-6-14(16)7-9-15;1-6-2-4-7(5-3-6)11(8,9)10;/h6-9H,3-5,10-13H2,1-2H3;2-5H,1H3,(H,8,9,10);1H4/q+1;;/p-1. The van der Waals surface area contributed by atoms with Crippen LogP contribution in [0.1, 0.15) is 33.3 Å². The van der Waals surface area contributed by atoms with Gasteiger partial charge in [-0.3, -0.25) is 0 Å². The van der Waals surface area contributed by atoms with Crippen molar-refractivity contribution >= 4 is 15.8 Å². The van der Waals surface area contributed by atoms with Crippen LogP contribution in [-0.4, -0.2) is 56.7 Å². The van der Waals surface area contributed by atoms with Gasteiger partial charge in [0.2, 0.25) is 0 Å². The summed E-state index contributed by atoms with van der Waals surface area (Å²) in [7, 11) is -4.27. The van der Waals surface area contributed by atoms with Crippen LogP contribution in [0.2, 0.25) is 0 Å². The maximum Gasteiger partial charge on any atom is 0.124 e. The van der Waals surface area contributed by atoms with E-state index in [4.69, 9.17) is 0 Å². The fourth-order valence-corrected chi connectivity index (χ4v) is 4.09. The largest absolute Gasteiger partial charge is 0.744 e. The first kappa shape index (κ1) is 26.1. The lowest BCUT2D eigenvalue weighted by molar-refractivity contribution is -0.922. The van der Waals surface area contributed by atoms with Crippen LogP contribution < -0.4 is 4.90 Å². The van der Waals surface area contributed by atoms with Gasteiger partial charge in [0.1, 0.15) is 15.9 Å². The Bertz CT molecular complexity index is 864. The molecule has 0 bridgehead atoms. The van der Waals surface area contributed by atoms with Crippen LogP contribution in [0.15, 0.2) is 53.4 Å². The molecule has 1 heterocycles. The quantitative estimate of drug-likeness (QED) is 0.523. The highest BCUT2D eigenvalue weighted by Gasteiger charge is 2.27. The van der Waals surface area contributed by atoms with Crippen molar-refractivity contribution in [1.29, 1.82) is 0 Å². The number of hydrogen-bond donors (Lipinski definition) is 0. The number of anilines is 1. The Kier molecular flexibility index (Phi) is 9.94. The molecule has 5 nitrogen and oxygen atoms in total. The summed E-state index contributed by atoms with van der Waals surface area (Å²) in [5.74, 6) is -0.152. The number of halogens is 1. The normalized spacial score (nSPS) is 16.0. The smallest absolute Gasteiger partial charge is 0.124 e. The van der Waals surface area contributed by atoms with E-state index in [1.165, 1.54) is 49.2 Å². The van der Waals surface area contributed by atoms with Crippen LogP contribution >= 0.6 is 0 Å². The summed E-state index contributed by atoms with van der Waals surface area (Å²) in [6.07, 6.45) is 1.22. The van der Waals surface area contributed by atoms with Gasteiger partial charge in [-0.1, -0.05) is 25.1 Å². The molecule has 0 N–H and O–H groups in total. The van der Waals surface area contributed by atoms with Crippen LogP contribution in [0.5, 0.6) is 0 Å². The van der Waals surface area contributed by atoms with Gasteiger partial charge in [-0.25, -0.2) is 12.8 Å². The third-order valence-electron chi connectivity index (χ3n) is 5.75. The fourth-order valence-electron chi connectivity index (χ4n) is 3.62. The zero-order valence-electron chi connectivity index (χ0n) is 17.5. The van der Waals surface area contributed by atoms with Crippen LogP contribution in [0, 0.1) is 12.7 Å². The van der Waals surface area contributed by atoms with Crippen molar-refractivity contribution in [3.05, 3.63) is 59.9 Å². The molecule has 0 spiro atoms. The minimum absolute atomic E-state index is 0. The Morgan fingerprint density at radius 1 is 0.967 bits per heavy atom. The second-order valence-electron chi connectivity index (χ2n) is 7.51. The summed E-state index contributed by atoms with van der Waals surface area (Å²) in [5.41, 5.74) is 2.08. The summed E-state index contributed by atoms with van der Waals surface area (Å²) >= 11 is 0. The molecule has 0 aliphatic carbocycles. The molecule has 168 valence electrons. The molecule has 0 unspecified atom stereocenters. The lowest BCUT2D eigenvalue weighted by Gasteiger charge is -2.35. The van der Waals surface area contributed by atoms with E-state index in [1.54, 1.807) is 24.3 Å². The average molecular weight is 439 g/mol. The lowest BCUT2D eigenvalue weighted by atomic mass is 10.2. The Morgan fingerprint density at radius 2 is 1.53 bits per heavy atom. The molecule has 30 heavy (non-hydrogen) atoms. The first-order valence-corrected chi connectivity index (χ1v) is 11.5. The number of benzene rings is 2. The van der Waals surface area contributed by atoms with E-state index in [9.17, 15) is 17.4 Å². The van der Waals surface area contributed by atoms with Crippen molar-refractivity contribution < 1.29 is 21.8 Å². The van der Waals surface area contributed by atoms with Crippen LogP contribution in [0.4, 0.5) is 10.1 Å². The highest BCUT2D eigenvalue weighted by atomic mass is 32.2. The van der Waals surface area contributed by atoms with Crippen molar-refractivity contribution in [2.45, 2.75) is 39.5 Å².